The summed E-state index contributed by atoms with van der Waals surface area (Å²) in [6.07, 6.45) is 1.74. The third kappa shape index (κ3) is 3.31. The molecule has 1 aliphatic heterocycles. The molecule has 4 heteroatoms. The Morgan fingerprint density at radius 3 is 2.43 bits per heavy atom. The molecule has 116 valence electrons. The van der Waals surface area contributed by atoms with E-state index in [9.17, 15) is 4.79 Å². The predicted molar refractivity (Wildman–Crippen MR) is 92.4 cm³/mol. The van der Waals surface area contributed by atoms with Crippen LogP contribution in [0.4, 0.5) is 5.69 Å². The lowest BCUT2D eigenvalue weighted by atomic mass is 10.1. The van der Waals surface area contributed by atoms with E-state index in [1.165, 1.54) is 0 Å². The Hall–Kier alpha value is -2.88. The normalized spacial score (nSPS) is 15.5. The van der Waals surface area contributed by atoms with Crippen molar-refractivity contribution >= 4 is 23.6 Å². The largest absolute Gasteiger partial charge is 0.402 e. The van der Waals surface area contributed by atoms with Crippen LogP contribution in [0.3, 0.4) is 0 Å². The van der Waals surface area contributed by atoms with Gasteiger partial charge in [0.1, 0.15) is 0 Å². The zero-order valence-corrected chi connectivity index (χ0v) is 13.2. The van der Waals surface area contributed by atoms with Crippen LogP contribution in [0.1, 0.15) is 18.1 Å². The molecule has 0 amide bonds. The van der Waals surface area contributed by atoms with Crippen molar-refractivity contribution in [1.82, 2.24) is 0 Å². The molecule has 0 radical (unpaired) electrons. The summed E-state index contributed by atoms with van der Waals surface area (Å²) in [7, 11) is 2.04. The summed E-state index contributed by atoms with van der Waals surface area (Å²) >= 11 is 0. The minimum atomic E-state index is -0.418. The molecule has 1 aliphatic rings. The van der Waals surface area contributed by atoms with E-state index in [0.29, 0.717) is 11.6 Å². The van der Waals surface area contributed by atoms with Gasteiger partial charge in [0, 0.05) is 24.8 Å². The highest BCUT2D eigenvalue weighted by molar-refractivity contribution is 6.12. The van der Waals surface area contributed by atoms with Gasteiger partial charge in [-0.3, -0.25) is 0 Å². The summed E-state index contributed by atoms with van der Waals surface area (Å²) in [5.74, 6) is -0.0669. The number of benzene rings is 2. The van der Waals surface area contributed by atoms with Crippen molar-refractivity contribution in [3.05, 3.63) is 71.4 Å². The van der Waals surface area contributed by atoms with Crippen molar-refractivity contribution in [1.29, 1.82) is 0 Å². The molecule has 0 unspecified atom stereocenters. The van der Waals surface area contributed by atoms with Gasteiger partial charge in [-0.25, -0.2) is 9.79 Å². The number of rotatable bonds is 4. The summed E-state index contributed by atoms with van der Waals surface area (Å²) in [6, 6.07) is 17.4. The van der Waals surface area contributed by atoms with Crippen molar-refractivity contribution in [3.63, 3.8) is 0 Å². The number of carbonyl (C=O) groups is 1. The van der Waals surface area contributed by atoms with Crippen LogP contribution in [0.2, 0.25) is 0 Å². The van der Waals surface area contributed by atoms with Gasteiger partial charge in [-0.1, -0.05) is 30.3 Å². The molecule has 0 aliphatic carbocycles. The van der Waals surface area contributed by atoms with Crippen LogP contribution in [0.15, 0.2) is 65.3 Å². The van der Waals surface area contributed by atoms with E-state index >= 15 is 0 Å². The number of aliphatic imine (C=N–C) groups is 1. The van der Waals surface area contributed by atoms with Crippen molar-refractivity contribution < 1.29 is 9.53 Å². The second-order valence-corrected chi connectivity index (χ2v) is 5.31. The van der Waals surface area contributed by atoms with Crippen molar-refractivity contribution in [2.75, 3.05) is 18.5 Å². The Bertz CT molecular complexity index is 762. The smallest absolute Gasteiger partial charge is 0.363 e. The summed E-state index contributed by atoms with van der Waals surface area (Å²) in [5, 5.41) is 0. The molecule has 3 rings (SSSR count). The van der Waals surface area contributed by atoms with Gasteiger partial charge >= 0.3 is 5.97 Å². The fourth-order valence-electron chi connectivity index (χ4n) is 2.28. The number of hydrogen-bond donors (Lipinski definition) is 0. The minimum absolute atomic E-state index is 0.320. The third-order valence-electron chi connectivity index (χ3n) is 3.75. The van der Waals surface area contributed by atoms with Gasteiger partial charge in [-0.2, -0.15) is 0 Å². The van der Waals surface area contributed by atoms with Gasteiger partial charge in [0.2, 0.25) is 5.90 Å². The average Bonchev–Trinajstić information content (AvgIpc) is 2.96. The van der Waals surface area contributed by atoms with E-state index in [2.05, 4.69) is 16.8 Å². The summed E-state index contributed by atoms with van der Waals surface area (Å²) in [6.45, 7) is 3.04. The quantitative estimate of drug-likeness (QED) is 0.641. The molecular formula is C19H18N2O2. The van der Waals surface area contributed by atoms with E-state index in [-0.39, 0.29) is 0 Å². The number of cyclic esters (lactones) is 1. The number of nitrogens with zero attached hydrogens (tertiary/aromatic N) is 2. The molecule has 0 fully saturated rings. The highest BCUT2D eigenvalue weighted by Crippen LogP contribution is 2.20. The van der Waals surface area contributed by atoms with E-state index in [4.69, 9.17) is 4.74 Å². The molecule has 2 aromatic carbocycles. The zero-order chi connectivity index (χ0) is 16.2. The van der Waals surface area contributed by atoms with Crippen molar-refractivity contribution in [2.45, 2.75) is 6.92 Å². The van der Waals surface area contributed by atoms with Crippen LogP contribution >= 0.6 is 0 Å². The van der Waals surface area contributed by atoms with Gasteiger partial charge in [0.05, 0.1) is 0 Å². The highest BCUT2D eigenvalue weighted by atomic mass is 16.6. The van der Waals surface area contributed by atoms with Gasteiger partial charge in [0.25, 0.3) is 0 Å². The summed E-state index contributed by atoms with van der Waals surface area (Å²) in [5.41, 5.74) is 3.17. The molecule has 0 bridgehead atoms. The number of hydrogen-bond acceptors (Lipinski definition) is 4. The molecule has 1 heterocycles. The van der Waals surface area contributed by atoms with Gasteiger partial charge in [-0.05, 0) is 42.8 Å². The van der Waals surface area contributed by atoms with Crippen LogP contribution in [0.5, 0.6) is 0 Å². The maximum Gasteiger partial charge on any atom is 0.363 e. The van der Waals surface area contributed by atoms with Crippen LogP contribution in [-0.2, 0) is 9.53 Å². The monoisotopic (exact) mass is 306 g/mol. The van der Waals surface area contributed by atoms with Crippen LogP contribution < -0.4 is 4.90 Å². The van der Waals surface area contributed by atoms with Gasteiger partial charge in [0.15, 0.2) is 5.70 Å². The first-order valence-electron chi connectivity index (χ1n) is 7.56. The molecular weight excluding hydrogens is 288 g/mol. The first-order valence-corrected chi connectivity index (χ1v) is 7.56. The molecule has 0 atom stereocenters. The lowest BCUT2D eigenvalue weighted by Gasteiger charge is -2.16. The lowest BCUT2D eigenvalue weighted by molar-refractivity contribution is -0.129. The molecule has 0 N–H and O–H groups in total. The van der Waals surface area contributed by atoms with Gasteiger partial charge in [-0.15, -0.1) is 0 Å². The van der Waals surface area contributed by atoms with E-state index in [0.717, 1.165) is 23.4 Å². The minimum Gasteiger partial charge on any atom is -0.402 e. The highest BCUT2D eigenvalue weighted by Gasteiger charge is 2.23. The van der Waals surface area contributed by atoms with Crippen LogP contribution in [0.25, 0.3) is 6.08 Å². The zero-order valence-electron chi connectivity index (χ0n) is 13.2. The van der Waals surface area contributed by atoms with Crippen LogP contribution in [-0.4, -0.2) is 25.5 Å². The summed E-state index contributed by atoms with van der Waals surface area (Å²) in [4.78, 5) is 18.4. The number of carbonyl (C=O) groups excluding carboxylic acids is 1. The second kappa shape index (κ2) is 6.48. The molecule has 0 saturated heterocycles. The number of anilines is 1. The Labute approximate surface area is 135 Å². The molecule has 0 spiro atoms. The first-order chi connectivity index (χ1) is 11.2. The lowest BCUT2D eigenvalue weighted by Crippen LogP contribution is -2.15. The predicted octanol–water partition coefficient (Wildman–Crippen LogP) is 3.49. The maximum absolute atomic E-state index is 12.0. The fourth-order valence-corrected chi connectivity index (χ4v) is 2.28. The Balaban J connectivity index is 1.84. The third-order valence-corrected chi connectivity index (χ3v) is 3.75. The Morgan fingerprint density at radius 2 is 1.78 bits per heavy atom. The van der Waals surface area contributed by atoms with Gasteiger partial charge < -0.3 is 9.64 Å². The standard InChI is InChI=1S/C19H18N2O2/c1-3-21(2)16-11-9-14(10-12-16)13-17-19(22)23-18(20-17)15-7-5-4-6-8-15/h4-13H,3H2,1-2H3. The number of ether oxygens (including phenoxy) is 1. The van der Waals surface area contributed by atoms with E-state index in [1.54, 1.807) is 6.08 Å². The SMILES string of the molecule is CCN(C)c1ccc(C=C2N=C(c3ccccc3)OC2=O)cc1. The molecule has 0 saturated carbocycles. The maximum atomic E-state index is 12.0. The van der Waals surface area contributed by atoms with Crippen molar-refractivity contribution in [3.8, 4) is 0 Å². The summed E-state index contributed by atoms with van der Waals surface area (Å²) < 4.78 is 5.25. The molecule has 2 aromatic rings. The molecule has 0 aromatic heterocycles. The average molecular weight is 306 g/mol. The fraction of sp³-hybridized carbons (Fsp3) is 0.158. The number of esters is 1. The topological polar surface area (TPSA) is 41.9 Å². The van der Waals surface area contributed by atoms with Crippen molar-refractivity contribution in [2.24, 2.45) is 4.99 Å². The Morgan fingerprint density at radius 1 is 1.09 bits per heavy atom. The van der Waals surface area contributed by atoms with E-state index in [1.807, 2.05) is 61.6 Å². The van der Waals surface area contributed by atoms with E-state index < -0.39 is 5.97 Å². The second-order valence-electron chi connectivity index (χ2n) is 5.31. The van der Waals surface area contributed by atoms with Crippen LogP contribution in [0, 0.1) is 0 Å². The molecule has 4 nitrogen and oxygen atoms in total. The Kier molecular flexibility index (Phi) is 4.24. The molecule has 23 heavy (non-hydrogen) atoms. The first kappa shape index (κ1) is 15.0.